The molecule has 7 heteroatoms. The van der Waals surface area contributed by atoms with Crippen molar-refractivity contribution in [3.8, 4) is 11.5 Å². The molecule has 138 valence electrons. The first kappa shape index (κ1) is 19.6. The number of ether oxygens (including phenoxy) is 3. The van der Waals surface area contributed by atoms with E-state index in [9.17, 15) is 4.79 Å². The molecule has 1 N–H and O–H groups in total. The molecule has 0 bridgehead atoms. The Morgan fingerprint density at radius 3 is 2.35 bits per heavy atom. The van der Waals surface area contributed by atoms with E-state index < -0.39 is 12.1 Å². The molecule has 2 aromatic rings. The molecule has 26 heavy (non-hydrogen) atoms. The molecule has 2 rings (SSSR count). The normalized spacial score (nSPS) is 12.3. The number of hydrogen-bond acceptors (Lipinski definition) is 6. The molecular formula is C19H20ClNO5. The van der Waals surface area contributed by atoms with Crippen LogP contribution in [0.4, 0.5) is 0 Å². The molecule has 0 spiro atoms. The van der Waals surface area contributed by atoms with Crippen molar-refractivity contribution in [3.63, 3.8) is 0 Å². The van der Waals surface area contributed by atoms with Crippen LogP contribution in [0.1, 0.15) is 19.4 Å². The number of esters is 1. The van der Waals surface area contributed by atoms with Crippen molar-refractivity contribution in [2.24, 2.45) is 5.16 Å². The second-order valence-corrected chi connectivity index (χ2v) is 6.03. The summed E-state index contributed by atoms with van der Waals surface area (Å²) in [6.07, 6.45) is -0.780. The quantitative estimate of drug-likeness (QED) is 0.324. The van der Waals surface area contributed by atoms with Gasteiger partial charge < -0.3 is 19.4 Å². The van der Waals surface area contributed by atoms with Gasteiger partial charge in [0.05, 0.1) is 5.71 Å². The van der Waals surface area contributed by atoms with Crippen LogP contribution in [-0.4, -0.2) is 29.6 Å². The minimum Gasteiger partial charge on any atom is -0.489 e. The van der Waals surface area contributed by atoms with Crippen molar-refractivity contribution in [3.05, 3.63) is 59.1 Å². The second-order valence-electron chi connectivity index (χ2n) is 5.59. The highest BCUT2D eigenvalue weighted by atomic mass is 35.5. The molecular weight excluding hydrogens is 358 g/mol. The van der Waals surface area contributed by atoms with Crippen molar-refractivity contribution in [2.45, 2.75) is 26.6 Å². The van der Waals surface area contributed by atoms with Gasteiger partial charge in [0.25, 0.3) is 0 Å². The SMILES string of the molecule is CC(COC(=O)C(C)Oc1ccc(COc2ccc(Cl)cc2)cc1)=NO. The first-order valence-electron chi connectivity index (χ1n) is 7.96. The zero-order valence-corrected chi connectivity index (χ0v) is 15.3. The summed E-state index contributed by atoms with van der Waals surface area (Å²) in [5, 5.41) is 12.1. The standard InChI is InChI=1S/C19H20ClNO5/c1-13(21-23)11-25-19(22)14(2)26-18-7-3-15(4-8-18)12-24-17-9-5-16(20)6-10-17/h3-10,14,23H,11-12H2,1-2H3. The molecule has 0 saturated carbocycles. The first-order valence-corrected chi connectivity index (χ1v) is 8.34. The topological polar surface area (TPSA) is 77.4 Å². The van der Waals surface area contributed by atoms with Crippen molar-refractivity contribution >= 4 is 23.3 Å². The fourth-order valence-corrected chi connectivity index (χ4v) is 2.06. The Kier molecular flexibility index (Phi) is 7.29. The molecule has 6 nitrogen and oxygen atoms in total. The lowest BCUT2D eigenvalue weighted by molar-refractivity contribution is -0.149. The molecule has 0 heterocycles. The summed E-state index contributed by atoms with van der Waals surface area (Å²) in [4.78, 5) is 11.8. The number of oxime groups is 1. The van der Waals surface area contributed by atoms with Crippen LogP contribution in [0.5, 0.6) is 11.5 Å². The zero-order chi connectivity index (χ0) is 18.9. The van der Waals surface area contributed by atoms with Crippen LogP contribution in [0.2, 0.25) is 5.02 Å². The summed E-state index contributed by atoms with van der Waals surface area (Å²) < 4.78 is 16.2. The summed E-state index contributed by atoms with van der Waals surface area (Å²) in [5.74, 6) is 0.730. The lowest BCUT2D eigenvalue weighted by Gasteiger charge is -2.14. The monoisotopic (exact) mass is 377 g/mol. The Morgan fingerprint density at radius 1 is 1.12 bits per heavy atom. The maximum absolute atomic E-state index is 11.8. The van der Waals surface area contributed by atoms with Gasteiger partial charge in [0.2, 0.25) is 0 Å². The van der Waals surface area contributed by atoms with Gasteiger partial charge in [0.15, 0.2) is 6.10 Å². The molecule has 0 aliphatic heterocycles. The van der Waals surface area contributed by atoms with Crippen LogP contribution in [0.15, 0.2) is 53.7 Å². The van der Waals surface area contributed by atoms with E-state index in [1.165, 1.54) is 0 Å². The van der Waals surface area contributed by atoms with E-state index in [0.717, 1.165) is 11.3 Å². The lowest BCUT2D eigenvalue weighted by Crippen LogP contribution is -2.27. The highest BCUT2D eigenvalue weighted by molar-refractivity contribution is 6.30. The maximum atomic E-state index is 11.8. The van der Waals surface area contributed by atoms with Crippen LogP contribution >= 0.6 is 11.6 Å². The fourth-order valence-electron chi connectivity index (χ4n) is 1.94. The van der Waals surface area contributed by atoms with Crippen LogP contribution in [0.25, 0.3) is 0 Å². The summed E-state index contributed by atoms with van der Waals surface area (Å²) in [5.41, 5.74) is 1.26. The van der Waals surface area contributed by atoms with Crippen molar-refractivity contribution in [2.75, 3.05) is 6.61 Å². The van der Waals surface area contributed by atoms with E-state index in [-0.39, 0.29) is 6.61 Å². The van der Waals surface area contributed by atoms with E-state index in [0.29, 0.717) is 23.1 Å². The molecule has 0 aliphatic carbocycles. The number of carbonyl (C=O) groups excluding carboxylic acids is 1. The highest BCUT2D eigenvalue weighted by Crippen LogP contribution is 2.19. The smallest absolute Gasteiger partial charge is 0.347 e. The average Bonchev–Trinajstić information content (AvgIpc) is 2.66. The van der Waals surface area contributed by atoms with Crippen molar-refractivity contribution in [1.29, 1.82) is 0 Å². The van der Waals surface area contributed by atoms with Crippen LogP contribution in [-0.2, 0) is 16.1 Å². The predicted molar refractivity (Wildman–Crippen MR) is 98.2 cm³/mol. The average molecular weight is 378 g/mol. The van der Waals surface area contributed by atoms with Gasteiger partial charge in [-0.2, -0.15) is 0 Å². The second kappa shape index (κ2) is 9.68. The summed E-state index contributed by atoms with van der Waals surface area (Å²) in [6, 6.07) is 14.4. The van der Waals surface area contributed by atoms with E-state index in [4.69, 9.17) is 31.0 Å². The summed E-state index contributed by atoms with van der Waals surface area (Å²) in [6.45, 7) is 3.46. The van der Waals surface area contributed by atoms with Gasteiger partial charge in [-0.15, -0.1) is 0 Å². The van der Waals surface area contributed by atoms with Gasteiger partial charge in [-0.3, -0.25) is 0 Å². The first-order chi connectivity index (χ1) is 12.5. The molecule has 1 atom stereocenters. The number of carbonyl (C=O) groups is 1. The Bertz CT molecular complexity index is 744. The summed E-state index contributed by atoms with van der Waals surface area (Å²) >= 11 is 5.83. The molecule has 0 saturated heterocycles. The molecule has 2 aromatic carbocycles. The van der Waals surface area contributed by atoms with Gasteiger partial charge in [-0.05, 0) is 55.8 Å². The minimum atomic E-state index is -0.780. The Hall–Kier alpha value is -2.73. The number of rotatable bonds is 8. The minimum absolute atomic E-state index is 0.0794. The van der Waals surface area contributed by atoms with Gasteiger partial charge >= 0.3 is 5.97 Å². The Morgan fingerprint density at radius 2 is 1.73 bits per heavy atom. The van der Waals surface area contributed by atoms with E-state index in [2.05, 4.69) is 5.16 Å². The van der Waals surface area contributed by atoms with Crippen molar-refractivity contribution in [1.82, 2.24) is 0 Å². The zero-order valence-electron chi connectivity index (χ0n) is 14.5. The largest absolute Gasteiger partial charge is 0.489 e. The van der Waals surface area contributed by atoms with Crippen LogP contribution in [0.3, 0.4) is 0 Å². The number of benzene rings is 2. The fraction of sp³-hybridized carbons (Fsp3) is 0.263. The molecule has 0 aromatic heterocycles. The molecule has 0 amide bonds. The van der Waals surface area contributed by atoms with Crippen LogP contribution < -0.4 is 9.47 Å². The molecule has 0 fully saturated rings. The Labute approximate surface area is 156 Å². The van der Waals surface area contributed by atoms with Gasteiger partial charge in [0, 0.05) is 5.02 Å². The Balaban J connectivity index is 1.82. The maximum Gasteiger partial charge on any atom is 0.347 e. The lowest BCUT2D eigenvalue weighted by atomic mass is 10.2. The number of nitrogens with zero attached hydrogens (tertiary/aromatic N) is 1. The third kappa shape index (κ3) is 6.29. The summed E-state index contributed by atoms with van der Waals surface area (Å²) in [7, 11) is 0. The van der Waals surface area contributed by atoms with E-state index in [1.807, 2.05) is 12.1 Å². The molecule has 0 radical (unpaired) electrons. The van der Waals surface area contributed by atoms with E-state index in [1.54, 1.807) is 50.2 Å². The number of hydrogen-bond donors (Lipinski definition) is 1. The number of halogens is 1. The molecule has 1 unspecified atom stereocenters. The highest BCUT2D eigenvalue weighted by Gasteiger charge is 2.16. The predicted octanol–water partition coefficient (Wildman–Crippen LogP) is 4.08. The van der Waals surface area contributed by atoms with Crippen molar-refractivity contribution < 1.29 is 24.2 Å². The van der Waals surface area contributed by atoms with Gasteiger partial charge in [0.1, 0.15) is 24.7 Å². The van der Waals surface area contributed by atoms with Gasteiger partial charge in [-0.25, -0.2) is 4.79 Å². The third-order valence-corrected chi connectivity index (χ3v) is 3.63. The third-order valence-electron chi connectivity index (χ3n) is 3.38. The van der Waals surface area contributed by atoms with E-state index >= 15 is 0 Å². The van der Waals surface area contributed by atoms with Crippen LogP contribution in [0, 0.1) is 0 Å². The molecule has 0 aliphatic rings. The van der Waals surface area contributed by atoms with Gasteiger partial charge in [-0.1, -0.05) is 28.9 Å².